The number of carbonyl (C=O) groups is 2. The van der Waals surface area contributed by atoms with Crippen molar-refractivity contribution >= 4 is 23.2 Å². The first kappa shape index (κ1) is 18.0. The van der Waals surface area contributed by atoms with Gasteiger partial charge in [-0.05, 0) is 43.2 Å². The standard InChI is InChI=1S/C21H24N2O3/c24-20(15-26-19-12-5-2-6-13-19)22-17-10-7-11-18(14-17)23-21(25)16-8-3-1-4-9-16/h2,5-7,10-14,16H,1,3-4,8-9,15H2,(H,22,24)(H,23,25). The molecular weight excluding hydrogens is 328 g/mol. The number of carbonyl (C=O) groups excluding carboxylic acids is 2. The van der Waals surface area contributed by atoms with Crippen molar-refractivity contribution in [3.05, 3.63) is 54.6 Å². The molecule has 1 aliphatic carbocycles. The summed E-state index contributed by atoms with van der Waals surface area (Å²) < 4.78 is 5.43. The van der Waals surface area contributed by atoms with Gasteiger partial charge < -0.3 is 15.4 Å². The summed E-state index contributed by atoms with van der Waals surface area (Å²) in [7, 11) is 0. The molecule has 0 radical (unpaired) electrons. The maximum Gasteiger partial charge on any atom is 0.262 e. The Morgan fingerprint density at radius 2 is 1.58 bits per heavy atom. The van der Waals surface area contributed by atoms with Gasteiger partial charge in [0, 0.05) is 17.3 Å². The molecule has 26 heavy (non-hydrogen) atoms. The highest BCUT2D eigenvalue weighted by atomic mass is 16.5. The van der Waals surface area contributed by atoms with Crippen LogP contribution in [0.25, 0.3) is 0 Å². The van der Waals surface area contributed by atoms with Gasteiger partial charge >= 0.3 is 0 Å². The maximum atomic E-state index is 12.3. The van der Waals surface area contributed by atoms with E-state index in [1.54, 1.807) is 24.3 Å². The Morgan fingerprint density at radius 3 is 2.31 bits per heavy atom. The van der Waals surface area contributed by atoms with Gasteiger partial charge in [0.25, 0.3) is 5.91 Å². The zero-order valence-electron chi connectivity index (χ0n) is 14.7. The minimum atomic E-state index is -0.246. The van der Waals surface area contributed by atoms with Crippen LogP contribution in [-0.2, 0) is 9.59 Å². The van der Waals surface area contributed by atoms with E-state index in [0.29, 0.717) is 17.1 Å². The zero-order chi connectivity index (χ0) is 18.2. The molecule has 2 aromatic rings. The first-order valence-electron chi connectivity index (χ1n) is 9.09. The average molecular weight is 352 g/mol. The Labute approximate surface area is 153 Å². The Kier molecular flexibility index (Phi) is 6.25. The number of hydrogen-bond acceptors (Lipinski definition) is 3. The van der Waals surface area contributed by atoms with E-state index < -0.39 is 0 Å². The van der Waals surface area contributed by atoms with E-state index in [1.165, 1.54) is 6.42 Å². The van der Waals surface area contributed by atoms with Gasteiger partial charge in [0.1, 0.15) is 5.75 Å². The SMILES string of the molecule is O=C(COc1ccccc1)Nc1cccc(NC(=O)C2CCCCC2)c1. The van der Waals surface area contributed by atoms with Crippen molar-refractivity contribution in [1.82, 2.24) is 0 Å². The number of amides is 2. The van der Waals surface area contributed by atoms with Crippen LogP contribution in [0.4, 0.5) is 11.4 Å². The Morgan fingerprint density at radius 1 is 0.885 bits per heavy atom. The lowest BCUT2D eigenvalue weighted by atomic mass is 9.88. The van der Waals surface area contributed by atoms with Crippen LogP contribution in [0.5, 0.6) is 5.75 Å². The van der Waals surface area contributed by atoms with Crippen molar-refractivity contribution in [1.29, 1.82) is 0 Å². The normalized spacial score (nSPS) is 14.5. The van der Waals surface area contributed by atoms with Crippen molar-refractivity contribution in [2.45, 2.75) is 32.1 Å². The molecule has 2 amide bonds. The molecule has 0 atom stereocenters. The lowest BCUT2D eigenvalue weighted by molar-refractivity contribution is -0.120. The molecule has 0 heterocycles. The predicted octanol–water partition coefficient (Wildman–Crippen LogP) is 4.22. The van der Waals surface area contributed by atoms with Gasteiger partial charge in [0.2, 0.25) is 5.91 Å². The summed E-state index contributed by atoms with van der Waals surface area (Å²) in [6.07, 6.45) is 5.37. The molecular formula is C21H24N2O3. The third-order valence-corrected chi connectivity index (χ3v) is 4.50. The van der Waals surface area contributed by atoms with Crippen molar-refractivity contribution in [3.63, 3.8) is 0 Å². The van der Waals surface area contributed by atoms with Crippen molar-refractivity contribution < 1.29 is 14.3 Å². The highest BCUT2D eigenvalue weighted by Gasteiger charge is 2.21. The first-order valence-corrected chi connectivity index (χ1v) is 9.09. The monoisotopic (exact) mass is 352 g/mol. The van der Waals surface area contributed by atoms with E-state index in [2.05, 4.69) is 10.6 Å². The highest BCUT2D eigenvalue weighted by molar-refractivity contribution is 5.95. The van der Waals surface area contributed by atoms with E-state index in [0.717, 1.165) is 25.7 Å². The van der Waals surface area contributed by atoms with Crippen LogP contribution in [0.2, 0.25) is 0 Å². The van der Waals surface area contributed by atoms with E-state index in [9.17, 15) is 9.59 Å². The van der Waals surface area contributed by atoms with E-state index >= 15 is 0 Å². The molecule has 1 fully saturated rings. The number of nitrogens with one attached hydrogen (secondary N) is 2. The molecule has 1 aliphatic rings. The topological polar surface area (TPSA) is 67.4 Å². The molecule has 0 saturated heterocycles. The summed E-state index contributed by atoms with van der Waals surface area (Å²) in [5.41, 5.74) is 1.33. The number of para-hydroxylation sites is 1. The third kappa shape index (κ3) is 5.34. The second-order valence-corrected chi connectivity index (χ2v) is 6.55. The van der Waals surface area contributed by atoms with Crippen molar-refractivity contribution in [3.8, 4) is 5.75 Å². The fourth-order valence-corrected chi connectivity index (χ4v) is 3.15. The van der Waals surface area contributed by atoms with Crippen LogP contribution < -0.4 is 15.4 Å². The fourth-order valence-electron chi connectivity index (χ4n) is 3.15. The first-order chi connectivity index (χ1) is 12.7. The second kappa shape index (κ2) is 9.04. The molecule has 136 valence electrons. The molecule has 2 aromatic carbocycles. The lowest BCUT2D eigenvalue weighted by Crippen LogP contribution is -2.25. The zero-order valence-corrected chi connectivity index (χ0v) is 14.7. The second-order valence-electron chi connectivity index (χ2n) is 6.55. The number of benzene rings is 2. The van der Waals surface area contributed by atoms with Gasteiger partial charge in [-0.15, -0.1) is 0 Å². The minimum Gasteiger partial charge on any atom is -0.484 e. The molecule has 5 heteroatoms. The van der Waals surface area contributed by atoms with E-state index in [-0.39, 0.29) is 24.3 Å². The molecule has 0 unspecified atom stereocenters. The quantitative estimate of drug-likeness (QED) is 0.818. The van der Waals surface area contributed by atoms with Crippen LogP contribution in [0, 0.1) is 5.92 Å². The highest BCUT2D eigenvalue weighted by Crippen LogP contribution is 2.25. The average Bonchev–Trinajstić information content (AvgIpc) is 2.68. The van der Waals surface area contributed by atoms with Crippen LogP contribution in [0.3, 0.4) is 0 Å². The van der Waals surface area contributed by atoms with Gasteiger partial charge in [-0.3, -0.25) is 9.59 Å². The lowest BCUT2D eigenvalue weighted by Gasteiger charge is -2.20. The summed E-state index contributed by atoms with van der Waals surface area (Å²) in [5, 5.41) is 5.75. The van der Waals surface area contributed by atoms with Crippen molar-refractivity contribution in [2.24, 2.45) is 5.92 Å². The summed E-state index contributed by atoms with van der Waals surface area (Å²) in [6.45, 7) is -0.0668. The summed E-state index contributed by atoms with van der Waals surface area (Å²) in [4.78, 5) is 24.4. The molecule has 5 nitrogen and oxygen atoms in total. The van der Waals surface area contributed by atoms with Crippen LogP contribution in [0.15, 0.2) is 54.6 Å². The number of anilines is 2. The molecule has 0 aliphatic heterocycles. The largest absolute Gasteiger partial charge is 0.484 e. The van der Waals surface area contributed by atoms with Gasteiger partial charge in [0.05, 0.1) is 0 Å². The van der Waals surface area contributed by atoms with Gasteiger partial charge in [-0.1, -0.05) is 43.5 Å². The van der Waals surface area contributed by atoms with E-state index in [4.69, 9.17) is 4.74 Å². The Bertz CT molecular complexity index is 740. The number of rotatable bonds is 6. The summed E-state index contributed by atoms with van der Waals surface area (Å²) in [6, 6.07) is 16.4. The van der Waals surface area contributed by atoms with Gasteiger partial charge in [-0.25, -0.2) is 0 Å². The van der Waals surface area contributed by atoms with Gasteiger partial charge in [-0.2, -0.15) is 0 Å². The molecule has 1 saturated carbocycles. The predicted molar refractivity (Wildman–Crippen MR) is 102 cm³/mol. The smallest absolute Gasteiger partial charge is 0.262 e. The summed E-state index contributed by atoms with van der Waals surface area (Å²) in [5.74, 6) is 0.572. The fraction of sp³-hybridized carbons (Fsp3) is 0.333. The third-order valence-electron chi connectivity index (χ3n) is 4.50. The van der Waals surface area contributed by atoms with Crippen LogP contribution in [-0.4, -0.2) is 18.4 Å². The number of ether oxygens (including phenoxy) is 1. The minimum absolute atomic E-state index is 0.0668. The maximum absolute atomic E-state index is 12.3. The molecule has 0 bridgehead atoms. The van der Waals surface area contributed by atoms with Crippen LogP contribution >= 0.6 is 0 Å². The van der Waals surface area contributed by atoms with Crippen molar-refractivity contribution in [2.75, 3.05) is 17.2 Å². The molecule has 3 rings (SSSR count). The Balaban J connectivity index is 1.51. The number of hydrogen-bond donors (Lipinski definition) is 2. The molecule has 2 N–H and O–H groups in total. The van der Waals surface area contributed by atoms with Crippen LogP contribution in [0.1, 0.15) is 32.1 Å². The van der Waals surface area contributed by atoms with E-state index in [1.807, 2.05) is 30.3 Å². The summed E-state index contributed by atoms with van der Waals surface area (Å²) >= 11 is 0. The molecule has 0 spiro atoms. The molecule has 0 aromatic heterocycles. The van der Waals surface area contributed by atoms with Gasteiger partial charge in [0.15, 0.2) is 6.61 Å². The Hall–Kier alpha value is -2.82.